The summed E-state index contributed by atoms with van der Waals surface area (Å²) in [7, 11) is 0. The Bertz CT molecular complexity index is 293. The highest BCUT2D eigenvalue weighted by Gasteiger charge is 2.23. The van der Waals surface area contributed by atoms with Crippen molar-refractivity contribution in [2.24, 2.45) is 5.92 Å². The molecule has 0 radical (unpaired) electrons. The zero-order valence-electron chi connectivity index (χ0n) is 9.99. The minimum Gasteiger partial charge on any atom is -0.494 e. The van der Waals surface area contributed by atoms with Crippen LogP contribution >= 0.6 is 0 Å². The quantitative estimate of drug-likeness (QED) is 0.743. The minimum absolute atomic E-state index is 0.770. The molecule has 2 rings (SSSR count). The Balaban J connectivity index is 1.49. The van der Waals surface area contributed by atoms with Gasteiger partial charge in [0, 0.05) is 6.04 Å². The molecule has 1 aliphatic rings. The molecule has 0 aromatic heterocycles. The molecule has 1 aromatic carbocycles. The van der Waals surface area contributed by atoms with E-state index in [9.17, 15) is 0 Å². The Kier molecular flexibility index (Phi) is 4.23. The van der Waals surface area contributed by atoms with Crippen molar-refractivity contribution in [2.75, 3.05) is 13.2 Å². The molecule has 16 heavy (non-hydrogen) atoms. The van der Waals surface area contributed by atoms with E-state index < -0.39 is 0 Å². The molecule has 1 aliphatic carbocycles. The lowest BCUT2D eigenvalue weighted by atomic mass is 9.82. The van der Waals surface area contributed by atoms with Gasteiger partial charge in [0.1, 0.15) is 5.75 Å². The second-order valence-corrected chi connectivity index (χ2v) is 4.74. The smallest absolute Gasteiger partial charge is 0.119 e. The number of nitrogens with one attached hydrogen (secondary N) is 1. The minimum atomic E-state index is 0.770. The van der Waals surface area contributed by atoms with E-state index in [1.54, 1.807) is 0 Å². The molecule has 0 unspecified atom stereocenters. The lowest BCUT2D eigenvalue weighted by Gasteiger charge is -2.33. The van der Waals surface area contributed by atoms with E-state index in [-0.39, 0.29) is 0 Å². The normalized spacial score (nSPS) is 23.8. The van der Waals surface area contributed by atoms with Gasteiger partial charge in [-0.1, -0.05) is 25.1 Å². The van der Waals surface area contributed by atoms with Gasteiger partial charge in [0.2, 0.25) is 0 Å². The number of benzene rings is 1. The average Bonchev–Trinajstić information content (AvgIpc) is 2.27. The van der Waals surface area contributed by atoms with Crippen molar-refractivity contribution in [3.63, 3.8) is 0 Å². The molecule has 1 N–H and O–H groups in total. The standard InChI is InChI=1S/C14H21NO/c1-12-10-13(11-12)15-8-5-9-16-14-6-3-2-4-7-14/h2-4,6-7,12-13,15H,5,8-11H2,1H3. The van der Waals surface area contributed by atoms with Gasteiger partial charge in [-0.2, -0.15) is 0 Å². The van der Waals surface area contributed by atoms with Crippen LogP contribution < -0.4 is 10.1 Å². The molecule has 0 heterocycles. The topological polar surface area (TPSA) is 21.3 Å². The third-order valence-electron chi connectivity index (χ3n) is 3.14. The summed E-state index contributed by atoms with van der Waals surface area (Å²) in [6.45, 7) is 4.19. The Labute approximate surface area is 98.0 Å². The fourth-order valence-electron chi connectivity index (χ4n) is 2.15. The number of para-hydroxylation sites is 1. The van der Waals surface area contributed by atoms with E-state index >= 15 is 0 Å². The first-order chi connectivity index (χ1) is 7.84. The van der Waals surface area contributed by atoms with Crippen LogP contribution in [-0.4, -0.2) is 19.2 Å². The summed E-state index contributed by atoms with van der Waals surface area (Å²) in [6.07, 6.45) is 3.78. The van der Waals surface area contributed by atoms with Gasteiger partial charge in [0.25, 0.3) is 0 Å². The maximum atomic E-state index is 5.62. The third-order valence-corrected chi connectivity index (χ3v) is 3.14. The number of hydrogen-bond acceptors (Lipinski definition) is 2. The summed E-state index contributed by atoms with van der Waals surface area (Å²) in [6, 6.07) is 10.8. The molecule has 1 saturated carbocycles. The second kappa shape index (κ2) is 5.90. The van der Waals surface area contributed by atoms with Crippen LogP contribution in [0.15, 0.2) is 30.3 Å². The lowest BCUT2D eigenvalue weighted by Crippen LogP contribution is -2.40. The molecule has 2 heteroatoms. The van der Waals surface area contributed by atoms with E-state index in [0.29, 0.717) is 0 Å². The highest BCUT2D eigenvalue weighted by Crippen LogP contribution is 2.25. The van der Waals surface area contributed by atoms with Crippen LogP contribution in [0.25, 0.3) is 0 Å². The lowest BCUT2D eigenvalue weighted by molar-refractivity contribution is 0.233. The first kappa shape index (κ1) is 11.5. The summed E-state index contributed by atoms with van der Waals surface area (Å²) >= 11 is 0. The predicted octanol–water partition coefficient (Wildman–Crippen LogP) is 2.84. The van der Waals surface area contributed by atoms with Crippen LogP contribution in [-0.2, 0) is 0 Å². The van der Waals surface area contributed by atoms with Crippen LogP contribution in [0.3, 0.4) is 0 Å². The molecule has 2 nitrogen and oxygen atoms in total. The fourth-order valence-corrected chi connectivity index (χ4v) is 2.15. The SMILES string of the molecule is CC1CC(NCCCOc2ccccc2)C1. The maximum Gasteiger partial charge on any atom is 0.119 e. The van der Waals surface area contributed by atoms with Gasteiger partial charge in [0.05, 0.1) is 6.61 Å². The summed E-state index contributed by atoms with van der Waals surface area (Å²) < 4.78 is 5.62. The first-order valence-electron chi connectivity index (χ1n) is 6.26. The van der Waals surface area contributed by atoms with Gasteiger partial charge >= 0.3 is 0 Å². The number of rotatable bonds is 6. The Morgan fingerprint density at radius 3 is 2.69 bits per heavy atom. The number of hydrogen-bond donors (Lipinski definition) is 1. The van der Waals surface area contributed by atoms with Crippen molar-refractivity contribution in [1.29, 1.82) is 0 Å². The Morgan fingerprint density at radius 1 is 1.25 bits per heavy atom. The maximum absolute atomic E-state index is 5.62. The van der Waals surface area contributed by atoms with Crippen molar-refractivity contribution in [3.8, 4) is 5.75 Å². The van der Waals surface area contributed by atoms with Crippen LogP contribution in [0, 0.1) is 5.92 Å². The summed E-state index contributed by atoms with van der Waals surface area (Å²) in [5.74, 6) is 1.90. The molecule has 1 aromatic rings. The van der Waals surface area contributed by atoms with E-state index in [0.717, 1.165) is 37.3 Å². The van der Waals surface area contributed by atoms with Crippen molar-refractivity contribution < 1.29 is 4.74 Å². The molecular weight excluding hydrogens is 198 g/mol. The van der Waals surface area contributed by atoms with E-state index in [1.165, 1.54) is 12.8 Å². The largest absolute Gasteiger partial charge is 0.494 e. The van der Waals surface area contributed by atoms with Gasteiger partial charge in [-0.3, -0.25) is 0 Å². The monoisotopic (exact) mass is 219 g/mol. The zero-order chi connectivity index (χ0) is 11.2. The van der Waals surface area contributed by atoms with Gasteiger partial charge in [0.15, 0.2) is 0 Å². The molecule has 0 amide bonds. The highest BCUT2D eigenvalue weighted by atomic mass is 16.5. The Morgan fingerprint density at radius 2 is 2.00 bits per heavy atom. The van der Waals surface area contributed by atoms with Crippen LogP contribution in [0.1, 0.15) is 26.2 Å². The van der Waals surface area contributed by atoms with Crippen LogP contribution in [0.2, 0.25) is 0 Å². The molecule has 1 fully saturated rings. The molecule has 0 saturated heterocycles. The number of ether oxygens (including phenoxy) is 1. The molecule has 0 spiro atoms. The second-order valence-electron chi connectivity index (χ2n) is 4.74. The molecule has 0 atom stereocenters. The van der Waals surface area contributed by atoms with Crippen LogP contribution in [0.5, 0.6) is 5.75 Å². The van der Waals surface area contributed by atoms with E-state index in [1.807, 2.05) is 30.3 Å². The third kappa shape index (κ3) is 3.53. The first-order valence-corrected chi connectivity index (χ1v) is 6.26. The van der Waals surface area contributed by atoms with Crippen molar-refractivity contribution >= 4 is 0 Å². The average molecular weight is 219 g/mol. The van der Waals surface area contributed by atoms with Crippen molar-refractivity contribution in [1.82, 2.24) is 5.32 Å². The van der Waals surface area contributed by atoms with E-state index in [4.69, 9.17) is 4.74 Å². The van der Waals surface area contributed by atoms with Gasteiger partial charge in [-0.05, 0) is 43.9 Å². The summed E-state index contributed by atoms with van der Waals surface area (Å²) in [5.41, 5.74) is 0. The van der Waals surface area contributed by atoms with Gasteiger partial charge < -0.3 is 10.1 Å². The van der Waals surface area contributed by atoms with Crippen LogP contribution in [0.4, 0.5) is 0 Å². The summed E-state index contributed by atoms with van der Waals surface area (Å²) in [5, 5.41) is 3.56. The molecule has 0 bridgehead atoms. The Hall–Kier alpha value is -1.02. The summed E-state index contributed by atoms with van der Waals surface area (Å²) in [4.78, 5) is 0. The molecular formula is C14H21NO. The van der Waals surface area contributed by atoms with Crippen molar-refractivity contribution in [2.45, 2.75) is 32.2 Å². The van der Waals surface area contributed by atoms with Gasteiger partial charge in [-0.15, -0.1) is 0 Å². The van der Waals surface area contributed by atoms with Gasteiger partial charge in [-0.25, -0.2) is 0 Å². The predicted molar refractivity (Wildman–Crippen MR) is 66.7 cm³/mol. The molecule has 0 aliphatic heterocycles. The highest BCUT2D eigenvalue weighted by molar-refractivity contribution is 5.20. The zero-order valence-corrected chi connectivity index (χ0v) is 9.99. The van der Waals surface area contributed by atoms with E-state index in [2.05, 4.69) is 12.2 Å². The fraction of sp³-hybridized carbons (Fsp3) is 0.571. The molecule has 88 valence electrons. The van der Waals surface area contributed by atoms with Crippen molar-refractivity contribution in [3.05, 3.63) is 30.3 Å².